The number of piperidine rings is 3. The predicted molar refractivity (Wildman–Crippen MR) is 80.3 cm³/mol. The van der Waals surface area contributed by atoms with E-state index >= 15 is 0 Å². The molecule has 20 heavy (non-hydrogen) atoms. The minimum Gasteiger partial charge on any atom is -0.493 e. The zero-order chi connectivity index (χ0) is 13.9. The van der Waals surface area contributed by atoms with Gasteiger partial charge in [-0.1, -0.05) is 18.2 Å². The maximum Gasteiger partial charge on any atom is 0.161 e. The second-order valence-corrected chi connectivity index (χ2v) is 5.79. The standard InChI is InChI=1S/C17H23NO2/c1-3-13-11-18-9-8-14(13)10-15(18)12-20-17-7-5-4-6-16(17)19-2/h3-7,13-15H,1,8-12H2,2H3/t13-,14-,15+/m0/s1. The smallest absolute Gasteiger partial charge is 0.161 e. The molecular formula is C17H23NO2. The van der Waals surface area contributed by atoms with Crippen LogP contribution in [0.1, 0.15) is 12.8 Å². The van der Waals surface area contributed by atoms with Crippen molar-refractivity contribution in [2.75, 3.05) is 26.8 Å². The van der Waals surface area contributed by atoms with Crippen LogP contribution in [0.25, 0.3) is 0 Å². The van der Waals surface area contributed by atoms with Gasteiger partial charge in [-0.25, -0.2) is 0 Å². The first kappa shape index (κ1) is 13.5. The summed E-state index contributed by atoms with van der Waals surface area (Å²) in [4.78, 5) is 2.56. The van der Waals surface area contributed by atoms with E-state index in [1.807, 2.05) is 24.3 Å². The first-order valence-corrected chi connectivity index (χ1v) is 7.44. The molecule has 3 aliphatic heterocycles. The first-order valence-electron chi connectivity index (χ1n) is 7.44. The molecule has 1 unspecified atom stereocenters. The van der Waals surface area contributed by atoms with E-state index in [4.69, 9.17) is 9.47 Å². The zero-order valence-corrected chi connectivity index (χ0v) is 12.1. The highest BCUT2D eigenvalue weighted by Gasteiger charge is 2.38. The van der Waals surface area contributed by atoms with Crippen molar-refractivity contribution in [3.05, 3.63) is 36.9 Å². The van der Waals surface area contributed by atoms with E-state index in [0.29, 0.717) is 12.0 Å². The van der Waals surface area contributed by atoms with Crippen LogP contribution in [0.5, 0.6) is 11.5 Å². The van der Waals surface area contributed by atoms with Gasteiger partial charge in [-0.15, -0.1) is 6.58 Å². The number of hydrogen-bond acceptors (Lipinski definition) is 3. The topological polar surface area (TPSA) is 21.7 Å². The van der Waals surface area contributed by atoms with E-state index in [0.717, 1.165) is 30.6 Å². The number of ether oxygens (including phenoxy) is 2. The number of methoxy groups -OCH3 is 1. The van der Waals surface area contributed by atoms with E-state index < -0.39 is 0 Å². The molecule has 1 aromatic rings. The van der Waals surface area contributed by atoms with Crippen molar-refractivity contribution in [1.82, 2.24) is 4.90 Å². The Bertz CT molecular complexity index is 474. The summed E-state index contributed by atoms with van der Waals surface area (Å²) in [5.74, 6) is 3.13. The van der Waals surface area contributed by atoms with E-state index in [9.17, 15) is 0 Å². The Morgan fingerprint density at radius 3 is 2.80 bits per heavy atom. The monoisotopic (exact) mass is 273 g/mol. The molecule has 3 fully saturated rings. The lowest BCUT2D eigenvalue weighted by Crippen LogP contribution is -2.54. The molecule has 0 spiro atoms. The van der Waals surface area contributed by atoms with Gasteiger partial charge in [0.15, 0.2) is 11.5 Å². The lowest BCUT2D eigenvalue weighted by atomic mass is 9.76. The summed E-state index contributed by atoms with van der Waals surface area (Å²) in [7, 11) is 1.68. The van der Waals surface area contributed by atoms with Gasteiger partial charge in [-0.3, -0.25) is 4.90 Å². The summed E-state index contributed by atoms with van der Waals surface area (Å²) < 4.78 is 11.3. The fourth-order valence-electron chi connectivity index (χ4n) is 3.54. The van der Waals surface area contributed by atoms with Gasteiger partial charge in [0, 0.05) is 12.6 Å². The molecule has 3 heterocycles. The maximum absolute atomic E-state index is 6.00. The van der Waals surface area contributed by atoms with E-state index in [1.54, 1.807) is 7.11 Å². The van der Waals surface area contributed by atoms with Gasteiger partial charge in [-0.05, 0) is 43.4 Å². The number of benzene rings is 1. The molecule has 4 atom stereocenters. The Morgan fingerprint density at radius 2 is 2.15 bits per heavy atom. The van der Waals surface area contributed by atoms with Gasteiger partial charge in [0.05, 0.1) is 7.11 Å². The Labute approximate surface area is 121 Å². The van der Waals surface area contributed by atoms with Gasteiger partial charge in [0.1, 0.15) is 6.61 Å². The number of fused-ring (bicyclic) bond motifs is 3. The SMILES string of the molecule is C=C[C@H]1CN2CC[C@H]1C[C@@H]2COc1ccccc1OC. The molecule has 0 N–H and O–H groups in total. The molecular weight excluding hydrogens is 250 g/mol. The van der Waals surface area contributed by atoms with Gasteiger partial charge in [-0.2, -0.15) is 0 Å². The summed E-state index contributed by atoms with van der Waals surface area (Å²) >= 11 is 0. The van der Waals surface area contributed by atoms with Crippen molar-refractivity contribution in [3.63, 3.8) is 0 Å². The number of nitrogens with zero attached hydrogens (tertiary/aromatic N) is 1. The average Bonchev–Trinajstić information content (AvgIpc) is 2.53. The van der Waals surface area contributed by atoms with E-state index in [1.165, 1.54) is 19.4 Å². The number of para-hydroxylation sites is 2. The average molecular weight is 273 g/mol. The molecule has 0 radical (unpaired) electrons. The Hall–Kier alpha value is -1.48. The minimum absolute atomic E-state index is 0.537. The Morgan fingerprint density at radius 1 is 1.35 bits per heavy atom. The highest BCUT2D eigenvalue weighted by atomic mass is 16.5. The molecule has 3 saturated heterocycles. The molecule has 2 bridgehead atoms. The van der Waals surface area contributed by atoms with Crippen LogP contribution in [-0.4, -0.2) is 37.7 Å². The van der Waals surface area contributed by atoms with Crippen LogP contribution in [0.15, 0.2) is 36.9 Å². The third-order valence-corrected chi connectivity index (χ3v) is 4.73. The third-order valence-electron chi connectivity index (χ3n) is 4.73. The van der Waals surface area contributed by atoms with E-state index in [-0.39, 0.29) is 0 Å². The van der Waals surface area contributed by atoms with Crippen LogP contribution in [0.2, 0.25) is 0 Å². The first-order chi connectivity index (χ1) is 9.81. The van der Waals surface area contributed by atoms with Crippen molar-refractivity contribution in [3.8, 4) is 11.5 Å². The molecule has 0 saturated carbocycles. The van der Waals surface area contributed by atoms with Crippen LogP contribution in [0.3, 0.4) is 0 Å². The molecule has 0 aliphatic carbocycles. The fraction of sp³-hybridized carbons (Fsp3) is 0.529. The van der Waals surface area contributed by atoms with Gasteiger partial charge in [0.2, 0.25) is 0 Å². The van der Waals surface area contributed by atoms with Crippen LogP contribution in [0.4, 0.5) is 0 Å². The minimum atomic E-state index is 0.537. The number of rotatable bonds is 5. The fourth-order valence-corrected chi connectivity index (χ4v) is 3.54. The third kappa shape index (κ3) is 2.55. The predicted octanol–water partition coefficient (Wildman–Crippen LogP) is 2.97. The summed E-state index contributed by atoms with van der Waals surface area (Å²) in [6.07, 6.45) is 4.67. The lowest BCUT2D eigenvalue weighted by Gasteiger charge is -2.48. The maximum atomic E-state index is 6.00. The Balaban J connectivity index is 1.61. The van der Waals surface area contributed by atoms with Crippen LogP contribution in [-0.2, 0) is 0 Å². The second-order valence-electron chi connectivity index (χ2n) is 5.79. The Kier molecular flexibility index (Phi) is 3.97. The highest BCUT2D eigenvalue weighted by Crippen LogP contribution is 2.37. The van der Waals surface area contributed by atoms with Crippen molar-refractivity contribution in [2.45, 2.75) is 18.9 Å². The van der Waals surface area contributed by atoms with Crippen LogP contribution < -0.4 is 9.47 Å². The van der Waals surface area contributed by atoms with Gasteiger partial charge in [0.25, 0.3) is 0 Å². The van der Waals surface area contributed by atoms with Crippen molar-refractivity contribution >= 4 is 0 Å². The highest BCUT2D eigenvalue weighted by molar-refractivity contribution is 5.39. The molecule has 0 amide bonds. The van der Waals surface area contributed by atoms with Crippen LogP contribution in [0, 0.1) is 11.8 Å². The normalized spacial score (nSPS) is 31.9. The lowest BCUT2D eigenvalue weighted by molar-refractivity contribution is -0.00181. The van der Waals surface area contributed by atoms with Gasteiger partial charge < -0.3 is 9.47 Å². The number of hydrogen-bond donors (Lipinski definition) is 0. The summed E-state index contributed by atoms with van der Waals surface area (Å²) in [6.45, 7) is 7.07. The van der Waals surface area contributed by atoms with Crippen molar-refractivity contribution in [2.24, 2.45) is 11.8 Å². The van der Waals surface area contributed by atoms with Gasteiger partial charge >= 0.3 is 0 Å². The summed E-state index contributed by atoms with van der Waals surface area (Å²) in [6, 6.07) is 8.40. The molecule has 4 rings (SSSR count). The van der Waals surface area contributed by atoms with Crippen LogP contribution >= 0.6 is 0 Å². The zero-order valence-electron chi connectivity index (χ0n) is 12.1. The molecule has 108 valence electrons. The molecule has 1 aromatic carbocycles. The van der Waals surface area contributed by atoms with Crippen molar-refractivity contribution < 1.29 is 9.47 Å². The second kappa shape index (κ2) is 5.88. The largest absolute Gasteiger partial charge is 0.493 e. The quantitative estimate of drug-likeness (QED) is 0.770. The molecule has 3 heteroatoms. The summed E-state index contributed by atoms with van der Waals surface area (Å²) in [5, 5.41) is 0. The summed E-state index contributed by atoms with van der Waals surface area (Å²) in [5.41, 5.74) is 0. The molecule has 3 aliphatic rings. The molecule has 0 aromatic heterocycles. The molecule has 3 nitrogen and oxygen atoms in total. The van der Waals surface area contributed by atoms with E-state index in [2.05, 4.69) is 17.6 Å². The van der Waals surface area contributed by atoms with Crippen molar-refractivity contribution in [1.29, 1.82) is 0 Å².